The lowest BCUT2D eigenvalue weighted by Gasteiger charge is -2.32. The van der Waals surface area contributed by atoms with Crippen LogP contribution in [0.3, 0.4) is 0 Å². The van der Waals surface area contributed by atoms with Gasteiger partial charge in [0.25, 0.3) is 0 Å². The molecule has 0 spiro atoms. The maximum atomic E-state index is 5.56. The van der Waals surface area contributed by atoms with E-state index in [1.807, 2.05) is 0 Å². The third kappa shape index (κ3) is 1.20. The summed E-state index contributed by atoms with van der Waals surface area (Å²) in [6.45, 7) is 3.21. The molecule has 0 unspecified atom stereocenters. The second-order valence-corrected chi connectivity index (χ2v) is 2.49. The van der Waals surface area contributed by atoms with E-state index in [9.17, 15) is 0 Å². The fourth-order valence-electron chi connectivity index (χ4n) is 1.12. The van der Waals surface area contributed by atoms with Gasteiger partial charge in [0, 0.05) is 12.1 Å². The number of nitrogens with one attached hydrogen (secondary N) is 1. The molecule has 0 atom stereocenters. The van der Waals surface area contributed by atoms with Crippen LogP contribution in [-0.4, -0.2) is 18.6 Å². The van der Waals surface area contributed by atoms with Crippen molar-refractivity contribution >= 4 is 0 Å². The van der Waals surface area contributed by atoms with Gasteiger partial charge >= 0.3 is 0 Å². The summed E-state index contributed by atoms with van der Waals surface area (Å²) in [5.74, 6) is 0. The molecule has 0 aromatic heterocycles. The predicted molar refractivity (Wildman–Crippen MR) is 34.7 cm³/mol. The Bertz CT molecular complexity index is 64.2. The second-order valence-electron chi connectivity index (χ2n) is 2.49. The Balaban J connectivity index is 1.98. The van der Waals surface area contributed by atoms with E-state index < -0.39 is 0 Å². The summed E-state index contributed by atoms with van der Waals surface area (Å²) < 4.78 is 0. The highest BCUT2D eigenvalue weighted by atomic mass is 14.9. The summed E-state index contributed by atoms with van der Waals surface area (Å²) in [6.07, 6.45) is 2.35. The van der Waals surface area contributed by atoms with Gasteiger partial charge in [-0.2, -0.15) is 0 Å². The number of hydrogen-bond donors (Lipinski definition) is 2. The average molecular weight is 114 g/mol. The minimum Gasteiger partial charge on any atom is -0.328 e. The number of hydrogen-bond acceptors (Lipinski definition) is 2. The van der Waals surface area contributed by atoms with Crippen molar-refractivity contribution in [2.45, 2.75) is 31.8 Å². The standard InChI is InChI=1S/C6H14N2/c1-2-8-6-3-5(7)4-6/h5-6,8H,2-4,7H2,1H3/t5-,6+. The van der Waals surface area contributed by atoms with Gasteiger partial charge in [-0.3, -0.25) is 0 Å². The lowest BCUT2D eigenvalue weighted by Crippen LogP contribution is -2.48. The molecule has 0 saturated heterocycles. The Labute approximate surface area is 50.4 Å². The maximum Gasteiger partial charge on any atom is 0.00964 e. The smallest absolute Gasteiger partial charge is 0.00964 e. The molecule has 1 aliphatic carbocycles. The van der Waals surface area contributed by atoms with Crippen LogP contribution in [0.15, 0.2) is 0 Å². The molecule has 3 N–H and O–H groups in total. The van der Waals surface area contributed by atoms with E-state index in [0.717, 1.165) is 12.6 Å². The van der Waals surface area contributed by atoms with Crippen LogP contribution in [0, 0.1) is 0 Å². The quantitative estimate of drug-likeness (QED) is 0.533. The van der Waals surface area contributed by atoms with E-state index in [0.29, 0.717) is 6.04 Å². The molecule has 0 bridgehead atoms. The van der Waals surface area contributed by atoms with Crippen LogP contribution in [0.2, 0.25) is 0 Å². The van der Waals surface area contributed by atoms with Gasteiger partial charge in [0.1, 0.15) is 0 Å². The lowest BCUT2D eigenvalue weighted by molar-refractivity contribution is 0.297. The zero-order valence-corrected chi connectivity index (χ0v) is 5.35. The van der Waals surface area contributed by atoms with Crippen LogP contribution in [0.4, 0.5) is 0 Å². The van der Waals surface area contributed by atoms with Gasteiger partial charge in [-0.1, -0.05) is 6.92 Å². The summed E-state index contributed by atoms with van der Waals surface area (Å²) >= 11 is 0. The molecule has 48 valence electrons. The number of rotatable bonds is 2. The van der Waals surface area contributed by atoms with Crippen LogP contribution in [-0.2, 0) is 0 Å². The molecular weight excluding hydrogens is 100 g/mol. The van der Waals surface area contributed by atoms with Crippen molar-refractivity contribution in [3.63, 3.8) is 0 Å². The molecule has 8 heavy (non-hydrogen) atoms. The summed E-state index contributed by atoms with van der Waals surface area (Å²) in [7, 11) is 0. The first-order chi connectivity index (χ1) is 3.83. The largest absolute Gasteiger partial charge is 0.328 e. The Kier molecular flexibility index (Phi) is 1.86. The fraction of sp³-hybridized carbons (Fsp3) is 1.00. The Hall–Kier alpha value is -0.0800. The van der Waals surface area contributed by atoms with Gasteiger partial charge in [0.2, 0.25) is 0 Å². The minimum absolute atomic E-state index is 0.485. The molecule has 1 saturated carbocycles. The molecule has 1 rings (SSSR count). The molecule has 0 aromatic rings. The summed E-state index contributed by atoms with van der Waals surface area (Å²) in [5, 5.41) is 3.33. The van der Waals surface area contributed by atoms with Gasteiger partial charge in [0.05, 0.1) is 0 Å². The molecule has 1 fully saturated rings. The highest BCUT2D eigenvalue weighted by molar-refractivity contribution is 4.86. The van der Waals surface area contributed by atoms with Crippen molar-refractivity contribution < 1.29 is 0 Å². The van der Waals surface area contributed by atoms with E-state index in [1.165, 1.54) is 12.8 Å². The molecule has 0 heterocycles. The van der Waals surface area contributed by atoms with Crippen LogP contribution < -0.4 is 11.1 Å². The average Bonchev–Trinajstić information content (AvgIpc) is 1.64. The third-order valence-corrected chi connectivity index (χ3v) is 1.67. The van der Waals surface area contributed by atoms with Gasteiger partial charge in [0.15, 0.2) is 0 Å². The predicted octanol–water partition coefficient (Wildman–Crippen LogP) is 0.0856. The van der Waals surface area contributed by atoms with Crippen LogP contribution >= 0.6 is 0 Å². The van der Waals surface area contributed by atoms with E-state index >= 15 is 0 Å². The van der Waals surface area contributed by atoms with E-state index in [-0.39, 0.29) is 0 Å². The Morgan fingerprint density at radius 3 is 2.62 bits per heavy atom. The van der Waals surface area contributed by atoms with Gasteiger partial charge < -0.3 is 11.1 Å². The zero-order valence-electron chi connectivity index (χ0n) is 5.35. The monoisotopic (exact) mass is 114 g/mol. The molecule has 2 heteroatoms. The normalized spacial score (nSPS) is 36.8. The molecular formula is C6H14N2. The fourth-order valence-corrected chi connectivity index (χ4v) is 1.12. The van der Waals surface area contributed by atoms with Crippen LogP contribution in [0.1, 0.15) is 19.8 Å². The van der Waals surface area contributed by atoms with Gasteiger partial charge in [-0.25, -0.2) is 0 Å². The molecule has 0 radical (unpaired) electrons. The van der Waals surface area contributed by atoms with Crippen molar-refractivity contribution in [1.29, 1.82) is 0 Å². The number of nitrogens with two attached hydrogens (primary N) is 1. The van der Waals surface area contributed by atoms with E-state index in [1.54, 1.807) is 0 Å². The van der Waals surface area contributed by atoms with E-state index in [2.05, 4.69) is 12.2 Å². The first-order valence-corrected chi connectivity index (χ1v) is 3.32. The SMILES string of the molecule is CCN[C@H]1C[C@@H](N)C1. The van der Waals surface area contributed by atoms with Crippen LogP contribution in [0.5, 0.6) is 0 Å². The molecule has 1 aliphatic rings. The summed E-state index contributed by atoms with van der Waals surface area (Å²) in [6, 6.07) is 1.22. The Morgan fingerprint density at radius 1 is 1.62 bits per heavy atom. The molecule has 2 nitrogen and oxygen atoms in total. The van der Waals surface area contributed by atoms with E-state index in [4.69, 9.17) is 5.73 Å². The lowest BCUT2D eigenvalue weighted by atomic mass is 9.88. The topological polar surface area (TPSA) is 38.0 Å². The summed E-state index contributed by atoms with van der Waals surface area (Å²) in [4.78, 5) is 0. The molecule has 0 aliphatic heterocycles. The van der Waals surface area contributed by atoms with Gasteiger partial charge in [-0.15, -0.1) is 0 Å². The zero-order chi connectivity index (χ0) is 5.98. The molecule has 0 amide bonds. The maximum absolute atomic E-state index is 5.56. The highest BCUT2D eigenvalue weighted by Gasteiger charge is 2.23. The van der Waals surface area contributed by atoms with Crippen LogP contribution in [0.25, 0.3) is 0 Å². The summed E-state index contributed by atoms with van der Waals surface area (Å²) in [5.41, 5.74) is 5.56. The molecule has 0 aromatic carbocycles. The third-order valence-electron chi connectivity index (χ3n) is 1.67. The van der Waals surface area contributed by atoms with Crippen molar-refractivity contribution in [1.82, 2.24) is 5.32 Å². The minimum atomic E-state index is 0.485. The first-order valence-electron chi connectivity index (χ1n) is 3.32. The first kappa shape index (κ1) is 6.05. The van der Waals surface area contributed by atoms with Crippen molar-refractivity contribution in [2.75, 3.05) is 6.54 Å². The van der Waals surface area contributed by atoms with Crippen molar-refractivity contribution in [2.24, 2.45) is 5.73 Å². The van der Waals surface area contributed by atoms with Crippen molar-refractivity contribution in [3.05, 3.63) is 0 Å². The second kappa shape index (κ2) is 2.46. The van der Waals surface area contributed by atoms with Gasteiger partial charge in [-0.05, 0) is 19.4 Å². The Morgan fingerprint density at radius 2 is 2.25 bits per heavy atom. The van der Waals surface area contributed by atoms with Crippen molar-refractivity contribution in [3.8, 4) is 0 Å². The highest BCUT2D eigenvalue weighted by Crippen LogP contribution is 2.16.